The first-order chi connectivity index (χ1) is 16.3. The number of amides is 1. The lowest BCUT2D eigenvalue weighted by Gasteiger charge is -2.26. The third-order valence-corrected chi connectivity index (χ3v) is 6.60. The Balaban J connectivity index is 1.70. The van der Waals surface area contributed by atoms with Crippen molar-refractivity contribution in [1.29, 1.82) is 0 Å². The lowest BCUT2D eigenvalue weighted by Crippen LogP contribution is -2.29. The van der Waals surface area contributed by atoms with E-state index in [0.29, 0.717) is 23.4 Å². The van der Waals surface area contributed by atoms with Crippen LogP contribution in [0, 0.1) is 13.8 Å². The van der Waals surface area contributed by atoms with E-state index in [1.54, 1.807) is 30.3 Å². The van der Waals surface area contributed by atoms with Crippen molar-refractivity contribution in [3.8, 4) is 11.5 Å². The highest BCUT2D eigenvalue weighted by atomic mass is 16.5. The number of benzene rings is 3. The standard InChI is InChI=1S/C28H25NO5/c1-16-5-9-21(14-17(16)2)29-25(18-6-10-22(30)11-7-18)24(27(32)28(29)33)26(31)20-8-12-23-19(15-20)4-3-13-34-23/h5-12,14-15,25,30-31H,3-4,13H2,1-2H3/b26-24-. The first kappa shape index (κ1) is 21.8. The topological polar surface area (TPSA) is 87.1 Å². The second-order valence-corrected chi connectivity index (χ2v) is 8.80. The van der Waals surface area contributed by atoms with Gasteiger partial charge in [-0.3, -0.25) is 14.5 Å². The number of carbonyl (C=O) groups is 2. The molecule has 0 aromatic heterocycles. The van der Waals surface area contributed by atoms with E-state index in [1.807, 2.05) is 32.0 Å². The van der Waals surface area contributed by atoms with Gasteiger partial charge in [-0.15, -0.1) is 0 Å². The predicted octanol–water partition coefficient (Wildman–Crippen LogP) is 4.96. The van der Waals surface area contributed by atoms with Crippen LogP contribution in [0.5, 0.6) is 11.5 Å². The second kappa shape index (κ2) is 8.37. The maximum Gasteiger partial charge on any atom is 0.300 e. The minimum atomic E-state index is -0.838. The number of Topliss-reactive ketones (excluding diaryl/α,β-unsaturated/α-hetero) is 1. The van der Waals surface area contributed by atoms with Gasteiger partial charge in [-0.25, -0.2) is 0 Å². The van der Waals surface area contributed by atoms with Crippen LogP contribution in [0.1, 0.15) is 40.3 Å². The van der Waals surface area contributed by atoms with Crippen molar-refractivity contribution in [2.45, 2.75) is 32.7 Å². The third-order valence-electron chi connectivity index (χ3n) is 6.60. The Hall–Kier alpha value is -4.06. The summed E-state index contributed by atoms with van der Waals surface area (Å²) in [6, 6.07) is 16.4. The van der Waals surface area contributed by atoms with Crippen LogP contribution in [-0.2, 0) is 16.0 Å². The lowest BCUT2D eigenvalue weighted by molar-refractivity contribution is -0.132. The number of phenolic OH excluding ortho intramolecular Hbond substituents is 1. The molecule has 2 heterocycles. The molecule has 0 saturated carbocycles. The Morgan fingerprint density at radius 1 is 0.971 bits per heavy atom. The summed E-state index contributed by atoms with van der Waals surface area (Å²) in [6.45, 7) is 4.57. The van der Waals surface area contributed by atoms with E-state index in [4.69, 9.17) is 4.74 Å². The zero-order valence-electron chi connectivity index (χ0n) is 19.0. The fourth-order valence-electron chi connectivity index (χ4n) is 4.61. The average molecular weight is 456 g/mol. The van der Waals surface area contributed by atoms with Gasteiger partial charge in [0.2, 0.25) is 0 Å². The molecule has 2 N–H and O–H groups in total. The third kappa shape index (κ3) is 3.61. The number of aliphatic hydroxyl groups excluding tert-OH is 1. The Kier molecular flexibility index (Phi) is 5.36. The zero-order chi connectivity index (χ0) is 24.0. The van der Waals surface area contributed by atoms with Gasteiger partial charge >= 0.3 is 0 Å². The Morgan fingerprint density at radius 3 is 2.47 bits per heavy atom. The minimum absolute atomic E-state index is 0.0191. The summed E-state index contributed by atoms with van der Waals surface area (Å²) < 4.78 is 5.67. The van der Waals surface area contributed by atoms with Crippen LogP contribution in [0.15, 0.2) is 66.2 Å². The number of rotatable bonds is 3. The van der Waals surface area contributed by atoms with Gasteiger partial charge in [-0.05, 0) is 91.4 Å². The number of ether oxygens (including phenoxy) is 1. The molecule has 0 radical (unpaired) electrons. The van der Waals surface area contributed by atoms with Gasteiger partial charge < -0.3 is 14.9 Å². The molecule has 2 aliphatic heterocycles. The first-order valence-corrected chi connectivity index (χ1v) is 11.3. The number of phenols is 1. The van der Waals surface area contributed by atoms with Crippen LogP contribution >= 0.6 is 0 Å². The summed E-state index contributed by atoms with van der Waals surface area (Å²) >= 11 is 0. The van der Waals surface area contributed by atoms with Crippen molar-refractivity contribution >= 4 is 23.1 Å². The molecule has 2 aliphatic rings. The van der Waals surface area contributed by atoms with E-state index >= 15 is 0 Å². The van der Waals surface area contributed by atoms with Crippen molar-refractivity contribution < 1.29 is 24.5 Å². The number of aryl methyl sites for hydroxylation is 3. The fraction of sp³-hybridized carbons (Fsp3) is 0.214. The van der Waals surface area contributed by atoms with E-state index in [9.17, 15) is 19.8 Å². The van der Waals surface area contributed by atoms with Gasteiger partial charge in [0.1, 0.15) is 17.3 Å². The summed E-state index contributed by atoms with van der Waals surface area (Å²) in [5.74, 6) is -0.835. The number of anilines is 1. The molecule has 1 fully saturated rings. The van der Waals surface area contributed by atoms with Crippen molar-refractivity contribution in [2.75, 3.05) is 11.5 Å². The zero-order valence-corrected chi connectivity index (χ0v) is 19.0. The summed E-state index contributed by atoms with van der Waals surface area (Å²) in [4.78, 5) is 28.0. The highest BCUT2D eigenvalue weighted by Gasteiger charge is 2.47. The molecule has 1 amide bonds. The Bertz CT molecular complexity index is 1340. The molecule has 1 unspecified atom stereocenters. The van der Waals surface area contributed by atoms with Gasteiger partial charge in [0.25, 0.3) is 11.7 Å². The molecular formula is C28H25NO5. The molecule has 0 bridgehead atoms. The van der Waals surface area contributed by atoms with E-state index < -0.39 is 17.7 Å². The van der Waals surface area contributed by atoms with E-state index in [0.717, 1.165) is 35.3 Å². The molecule has 3 aromatic carbocycles. The van der Waals surface area contributed by atoms with E-state index in [-0.39, 0.29) is 17.1 Å². The van der Waals surface area contributed by atoms with Gasteiger partial charge in [-0.2, -0.15) is 0 Å². The quantitative estimate of drug-likeness (QED) is 0.331. The number of hydrogen-bond acceptors (Lipinski definition) is 5. The van der Waals surface area contributed by atoms with Crippen LogP contribution in [0.25, 0.3) is 5.76 Å². The van der Waals surface area contributed by atoms with Gasteiger partial charge in [0.05, 0.1) is 18.2 Å². The summed E-state index contributed by atoms with van der Waals surface area (Å²) in [5.41, 5.74) is 4.67. The molecule has 34 heavy (non-hydrogen) atoms. The number of carbonyl (C=O) groups excluding carboxylic acids is 2. The average Bonchev–Trinajstić information content (AvgIpc) is 3.11. The first-order valence-electron chi connectivity index (χ1n) is 11.3. The Labute approximate surface area is 197 Å². The maximum atomic E-state index is 13.3. The number of fused-ring (bicyclic) bond motifs is 1. The van der Waals surface area contributed by atoms with E-state index in [1.165, 1.54) is 17.0 Å². The van der Waals surface area contributed by atoms with Crippen LogP contribution in [0.4, 0.5) is 5.69 Å². The highest BCUT2D eigenvalue weighted by Crippen LogP contribution is 2.43. The van der Waals surface area contributed by atoms with Gasteiger partial charge in [0, 0.05) is 11.3 Å². The second-order valence-electron chi connectivity index (χ2n) is 8.80. The fourth-order valence-corrected chi connectivity index (χ4v) is 4.61. The molecule has 3 aromatic rings. The predicted molar refractivity (Wildman–Crippen MR) is 129 cm³/mol. The van der Waals surface area contributed by atoms with Crippen molar-refractivity contribution in [3.05, 3.63) is 94.1 Å². The number of aliphatic hydroxyl groups is 1. The van der Waals surface area contributed by atoms with Crippen LogP contribution in [0.2, 0.25) is 0 Å². The van der Waals surface area contributed by atoms with Gasteiger partial charge in [0.15, 0.2) is 0 Å². The monoisotopic (exact) mass is 455 g/mol. The summed E-state index contributed by atoms with van der Waals surface area (Å²) in [7, 11) is 0. The smallest absolute Gasteiger partial charge is 0.300 e. The van der Waals surface area contributed by atoms with Crippen molar-refractivity contribution in [1.82, 2.24) is 0 Å². The SMILES string of the molecule is Cc1ccc(N2C(=O)C(=O)/C(=C(\O)c3ccc4c(c3)CCCO4)C2c2ccc(O)cc2)cc1C. The number of aromatic hydroxyl groups is 1. The summed E-state index contributed by atoms with van der Waals surface area (Å²) in [5, 5.41) is 21.1. The maximum absolute atomic E-state index is 13.3. The molecule has 0 aliphatic carbocycles. The minimum Gasteiger partial charge on any atom is -0.508 e. The van der Waals surface area contributed by atoms with Crippen LogP contribution < -0.4 is 9.64 Å². The van der Waals surface area contributed by atoms with Crippen LogP contribution in [0.3, 0.4) is 0 Å². The van der Waals surface area contributed by atoms with Gasteiger partial charge in [-0.1, -0.05) is 18.2 Å². The van der Waals surface area contributed by atoms with Crippen molar-refractivity contribution in [3.63, 3.8) is 0 Å². The van der Waals surface area contributed by atoms with E-state index in [2.05, 4.69) is 0 Å². The largest absolute Gasteiger partial charge is 0.508 e. The lowest BCUT2D eigenvalue weighted by atomic mass is 9.93. The van der Waals surface area contributed by atoms with Crippen molar-refractivity contribution in [2.24, 2.45) is 0 Å². The molecule has 6 nitrogen and oxygen atoms in total. The normalized spacial score (nSPS) is 19.1. The van der Waals surface area contributed by atoms with Crippen LogP contribution in [-0.4, -0.2) is 28.5 Å². The molecule has 5 rings (SSSR count). The molecule has 1 saturated heterocycles. The molecular weight excluding hydrogens is 430 g/mol. The highest BCUT2D eigenvalue weighted by molar-refractivity contribution is 6.51. The number of hydrogen-bond donors (Lipinski definition) is 2. The number of nitrogens with zero attached hydrogens (tertiary/aromatic N) is 1. The molecule has 6 heteroatoms. The Morgan fingerprint density at radius 2 is 1.74 bits per heavy atom. The molecule has 172 valence electrons. The molecule has 0 spiro atoms. The molecule has 1 atom stereocenters. The summed E-state index contributed by atoms with van der Waals surface area (Å²) in [6.07, 6.45) is 1.69. The number of ketones is 1.